The number of hydrogen-bond acceptors (Lipinski definition) is 1. The van der Waals surface area contributed by atoms with E-state index in [0.717, 1.165) is 5.69 Å². The lowest BCUT2D eigenvalue weighted by atomic mass is 9.85. The molecule has 0 bridgehead atoms. The third-order valence-electron chi connectivity index (χ3n) is 3.17. The molecule has 2 nitrogen and oxygen atoms in total. The van der Waals surface area contributed by atoms with Gasteiger partial charge in [0, 0.05) is 5.92 Å². The zero-order valence-corrected chi connectivity index (χ0v) is 8.61. The van der Waals surface area contributed by atoms with E-state index in [1.54, 1.807) is 0 Å². The number of imidazole rings is 1. The van der Waals surface area contributed by atoms with E-state index in [9.17, 15) is 0 Å². The molecule has 0 amide bonds. The van der Waals surface area contributed by atoms with Gasteiger partial charge in [-0.25, -0.2) is 4.98 Å². The van der Waals surface area contributed by atoms with Crippen molar-refractivity contribution in [3.05, 3.63) is 42.4 Å². The Morgan fingerprint density at radius 3 is 2.60 bits per heavy atom. The zero-order valence-electron chi connectivity index (χ0n) is 8.61. The van der Waals surface area contributed by atoms with E-state index in [2.05, 4.69) is 34.2 Å². The molecule has 1 aromatic heterocycles. The van der Waals surface area contributed by atoms with Gasteiger partial charge in [-0.1, -0.05) is 36.8 Å². The summed E-state index contributed by atoms with van der Waals surface area (Å²) < 4.78 is 0. The van der Waals surface area contributed by atoms with E-state index in [0.29, 0.717) is 5.92 Å². The number of benzene rings is 1. The van der Waals surface area contributed by atoms with Crippen LogP contribution < -0.4 is 0 Å². The standard InChI is InChI=1S/C13H14N2/c1-2-5-10(6-3-1)12-9-14-13(15-12)11-7-4-8-11/h1-3,5-6,9,11H,4,7-8H2,(H,14,15). The van der Waals surface area contributed by atoms with E-state index >= 15 is 0 Å². The van der Waals surface area contributed by atoms with Gasteiger partial charge in [0.15, 0.2) is 0 Å². The van der Waals surface area contributed by atoms with Crippen molar-refractivity contribution in [3.63, 3.8) is 0 Å². The van der Waals surface area contributed by atoms with Crippen LogP contribution in [0.1, 0.15) is 31.0 Å². The van der Waals surface area contributed by atoms with Gasteiger partial charge in [0.1, 0.15) is 5.82 Å². The maximum atomic E-state index is 4.46. The number of nitrogens with one attached hydrogen (secondary N) is 1. The third kappa shape index (κ3) is 1.56. The summed E-state index contributed by atoms with van der Waals surface area (Å²) in [5.41, 5.74) is 2.35. The predicted octanol–water partition coefficient (Wildman–Crippen LogP) is 3.34. The highest BCUT2D eigenvalue weighted by molar-refractivity contribution is 5.58. The van der Waals surface area contributed by atoms with Crippen LogP contribution in [0.15, 0.2) is 36.5 Å². The molecular weight excluding hydrogens is 184 g/mol. The Labute approximate surface area is 89.4 Å². The number of nitrogens with zero attached hydrogens (tertiary/aromatic N) is 1. The van der Waals surface area contributed by atoms with Crippen molar-refractivity contribution in [2.45, 2.75) is 25.2 Å². The topological polar surface area (TPSA) is 28.7 Å². The molecule has 1 saturated carbocycles. The second-order valence-corrected chi connectivity index (χ2v) is 4.18. The van der Waals surface area contributed by atoms with Crippen molar-refractivity contribution in [1.29, 1.82) is 0 Å². The summed E-state index contributed by atoms with van der Waals surface area (Å²) in [5.74, 6) is 1.85. The molecule has 0 saturated heterocycles. The van der Waals surface area contributed by atoms with E-state index < -0.39 is 0 Å². The van der Waals surface area contributed by atoms with Crippen molar-refractivity contribution in [3.8, 4) is 11.3 Å². The quantitative estimate of drug-likeness (QED) is 0.787. The lowest BCUT2D eigenvalue weighted by Crippen LogP contribution is -2.10. The molecule has 0 aliphatic heterocycles. The van der Waals surface area contributed by atoms with Crippen molar-refractivity contribution in [2.75, 3.05) is 0 Å². The lowest BCUT2D eigenvalue weighted by Gasteiger charge is -2.22. The highest BCUT2D eigenvalue weighted by Crippen LogP contribution is 2.35. The van der Waals surface area contributed by atoms with Crippen LogP contribution in [-0.4, -0.2) is 9.97 Å². The second-order valence-electron chi connectivity index (χ2n) is 4.18. The van der Waals surface area contributed by atoms with E-state index in [1.807, 2.05) is 12.3 Å². The van der Waals surface area contributed by atoms with Gasteiger partial charge in [0.05, 0.1) is 11.9 Å². The van der Waals surface area contributed by atoms with E-state index in [-0.39, 0.29) is 0 Å². The number of H-pyrrole nitrogens is 1. The Balaban J connectivity index is 1.90. The summed E-state index contributed by atoms with van der Waals surface area (Å²) in [5, 5.41) is 0. The smallest absolute Gasteiger partial charge is 0.109 e. The zero-order chi connectivity index (χ0) is 10.1. The molecule has 15 heavy (non-hydrogen) atoms. The van der Waals surface area contributed by atoms with Gasteiger partial charge in [0.25, 0.3) is 0 Å². The van der Waals surface area contributed by atoms with Crippen molar-refractivity contribution in [1.82, 2.24) is 9.97 Å². The van der Waals surface area contributed by atoms with Crippen molar-refractivity contribution in [2.24, 2.45) is 0 Å². The summed E-state index contributed by atoms with van der Waals surface area (Å²) in [7, 11) is 0. The molecule has 1 heterocycles. The Morgan fingerprint density at radius 1 is 1.13 bits per heavy atom. The van der Waals surface area contributed by atoms with Crippen LogP contribution in [0.4, 0.5) is 0 Å². The van der Waals surface area contributed by atoms with Gasteiger partial charge in [-0.3, -0.25) is 0 Å². The molecule has 0 atom stereocenters. The molecule has 76 valence electrons. The summed E-state index contributed by atoms with van der Waals surface area (Å²) in [4.78, 5) is 7.88. The molecule has 1 fully saturated rings. The molecule has 3 rings (SSSR count). The Bertz CT molecular complexity index is 441. The van der Waals surface area contributed by atoms with Crippen LogP contribution >= 0.6 is 0 Å². The fourth-order valence-corrected chi connectivity index (χ4v) is 1.99. The molecule has 0 radical (unpaired) electrons. The molecule has 2 aromatic rings. The minimum absolute atomic E-state index is 0.683. The van der Waals surface area contributed by atoms with Gasteiger partial charge < -0.3 is 4.98 Å². The number of aromatic nitrogens is 2. The fourth-order valence-electron chi connectivity index (χ4n) is 1.99. The van der Waals surface area contributed by atoms with Gasteiger partial charge >= 0.3 is 0 Å². The predicted molar refractivity (Wildman–Crippen MR) is 60.6 cm³/mol. The summed E-state index contributed by atoms with van der Waals surface area (Å²) in [6, 6.07) is 10.4. The summed E-state index contributed by atoms with van der Waals surface area (Å²) >= 11 is 0. The second kappa shape index (κ2) is 3.54. The normalized spacial score (nSPS) is 16.3. The first kappa shape index (κ1) is 8.72. The van der Waals surface area contributed by atoms with Crippen LogP contribution in [0.5, 0.6) is 0 Å². The molecular formula is C13H14N2. The van der Waals surface area contributed by atoms with Crippen LogP contribution in [0, 0.1) is 0 Å². The molecule has 1 aliphatic rings. The van der Waals surface area contributed by atoms with Gasteiger partial charge in [-0.05, 0) is 18.4 Å². The number of hydrogen-bond donors (Lipinski definition) is 1. The Hall–Kier alpha value is -1.57. The SMILES string of the molecule is c1ccc(-c2cnc(C3CCC3)[nH]2)cc1. The molecule has 1 aromatic carbocycles. The van der Waals surface area contributed by atoms with Gasteiger partial charge in [0.2, 0.25) is 0 Å². The summed E-state index contributed by atoms with van der Waals surface area (Å²) in [6.45, 7) is 0. The van der Waals surface area contributed by atoms with Crippen molar-refractivity contribution >= 4 is 0 Å². The maximum absolute atomic E-state index is 4.46. The van der Waals surface area contributed by atoms with Crippen LogP contribution in [0.25, 0.3) is 11.3 Å². The fraction of sp³-hybridized carbons (Fsp3) is 0.308. The molecule has 1 aliphatic carbocycles. The minimum atomic E-state index is 0.683. The maximum Gasteiger partial charge on any atom is 0.109 e. The molecule has 2 heteroatoms. The third-order valence-corrected chi connectivity index (χ3v) is 3.17. The Kier molecular flexibility index (Phi) is 2.05. The molecule has 1 N–H and O–H groups in total. The van der Waals surface area contributed by atoms with Crippen molar-refractivity contribution < 1.29 is 0 Å². The average molecular weight is 198 g/mol. The summed E-state index contributed by atoms with van der Waals surface area (Å²) in [6.07, 6.45) is 5.89. The average Bonchev–Trinajstić information content (AvgIpc) is 2.66. The highest BCUT2D eigenvalue weighted by Gasteiger charge is 2.22. The largest absolute Gasteiger partial charge is 0.342 e. The first-order valence-electron chi connectivity index (χ1n) is 5.54. The van der Waals surface area contributed by atoms with Crippen LogP contribution in [0.2, 0.25) is 0 Å². The number of aromatic amines is 1. The van der Waals surface area contributed by atoms with Gasteiger partial charge in [-0.15, -0.1) is 0 Å². The molecule has 0 spiro atoms. The molecule has 0 unspecified atom stereocenters. The van der Waals surface area contributed by atoms with Crippen LogP contribution in [-0.2, 0) is 0 Å². The Morgan fingerprint density at radius 2 is 1.93 bits per heavy atom. The van der Waals surface area contributed by atoms with Gasteiger partial charge in [-0.2, -0.15) is 0 Å². The monoisotopic (exact) mass is 198 g/mol. The highest BCUT2D eigenvalue weighted by atomic mass is 14.9. The van der Waals surface area contributed by atoms with Crippen LogP contribution in [0.3, 0.4) is 0 Å². The van der Waals surface area contributed by atoms with E-state index in [4.69, 9.17) is 0 Å². The number of rotatable bonds is 2. The lowest BCUT2D eigenvalue weighted by molar-refractivity contribution is 0.404. The first-order valence-corrected chi connectivity index (χ1v) is 5.54. The van der Waals surface area contributed by atoms with E-state index in [1.165, 1.54) is 30.7 Å². The minimum Gasteiger partial charge on any atom is -0.342 e. The first-order chi connectivity index (χ1) is 7.43.